The Hall–Kier alpha value is -1.86. The molecule has 0 saturated carbocycles. The van der Waals surface area contributed by atoms with E-state index in [1.165, 1.54) is 0 Å². The van der Waals surface area contributed by atoms with Crippen LogP contribution in [-0.4, -0.2) is 22.7 Å². The molecule has 1 aliphatic rings. The Labute approximate surface area is 94.2 Å². The first-order valence-electron chi connectivity index (χ1n) is 5.24. The topological polar surface area (TPSA) is 68.9 Å². The smallest absolute Gasteiger partial charge is 0.163 e. The van der Waals surface area contributed by atoms with Crippen LogP contribution in [0, 0.1) is 17.2 Å². The van der Waals surface area contributed by atoms with Crippen molar-refractivity contribution in [3.63, 3.8) is 0 Å². The van der Waals surface area contributed by atoms with Crippen LogP contribution in [0.15, 0.2) is 30.5 Å². The second-order valence-corrected chi connectivity index (χ2v) is 3.83. The Morgan fingerprint density at radius 3 is 3.12 bits per heavy atom. The lowest BCUT2D eigenvalue weighted by Crippen LogP contribution is -2.17. The molecular weight excluding hydrogens is 202 g/mol. The third-order valence-electron chi connectivity index (χ3n) is 2.66. The Morgan fingerprint density at radius 2 is 2.44 bits per heavy atom. The minimum Gasteiger partial charge on any atom is -0.396 e. The van der Waals surface area contributed by atoms with Crippen LogP contribution < -0.4 is 5.32 Å². The molecule has 0 unspecified atom stereocenters. The summed E-state index contributed by atoms with van der Waals surface area (Å²) in [6.07, 6.45) is 6.48. The molecule has 16 heavy (non-hydrogen) atoms. The van der Waals surface area contributed by atoms with Gasteiger partial charge in [-0.15, -0.1) is 0 Å². The molecule has 0 aliphatic heterocycles. The number of pyridine rings is 1. The van der Waals surface area contributed by atoms with Gasteiger partial charge in [-0.2, -0.15) is 5.26 Å². The molecule has 2 rings (SSSR count). The molecule has 0 spiro atoms. The van der Waals surface area contributed by atoms with Crippen molar-refractivity contribution in [2.75, 3.05) is 11.9 Å². The number of aliphatic hydroxyl groups is 1. The van der Waals surface area contributed by atoms with Crippen LogP contribution in [0.2, 0.25) is 0 Å². The lowest BCUT2D eigenvalue weighted by atomic mass is 10.1. The summed E-state index contributed by atoms with van der Waals surface area (Å²) in [5, 5.41) is 21.1. The molecule has 2 atom stereocenters. The third kappa shape index (κ3) is 2.20. The molecule has 1 heterocycles. The Balaban J connectivity index is 2.06. The predicted molar refractivity (Wildman–Crippen MR) is 60.7 cm³/mol. The van der Waals surface area contributed by atoms with Crippen LogP contribution in [0.4, 0.5) is 5.69 Å². The summed E-state index contributed by atoms with van der Waals surface area (Å²) in [5.74, 6) is 0.222. The average Bonchev–Trinajstić information content (AvgIpc) is 2.77. The van der Waals surface area contributed by atoms with Crippen molar-refractivity contribution < 1.29 is 5.11 Å². The molecule has 2 N–H and O–H groups in total. The zero-order valence-corrected chi connectivity index (χ0v) is 8.80. The SMILES string of the molecule is N#Cc1ncccc1N[C@@H]1C=C[C@H](CO)C1. The largest absolute Gasteiger partial charge is 0.396 e. The van der Waals surface area contributed by atoms with Crippen LogP contribution in [-0.2, 0) is 0 Å². The van der Waals surface area contributed by atoms with E-state index in [9.17, 15) is 0 Å². The quantitative estimate of drug-likeness (QED) is 0.746. The molecule has 0 fully saturated rings. The average molecular weight is 215 g/mol. The molecule has 1 aromatic rings. The van der Waals surface area contributed by atoms with Crippen molar-refractivity contribution in [2.24, 2.45) is 5.92 Å². The molecule has 0 radical (unpaired) electrons. The van der Waals surface area contributed by atoms with Gasteiger partial charge in [0.15, 0.2) is 5.69 Å². The van der Waals surface area contributed by atoms with E-state index in [4.69, 9.17) is 10.4 Å². The Kier molecular flexibility index (Phi) is 3.18. The molecule has 4 heteroatoms. The molecule has 1 aliphatic carbocycles. The Bertz CT molecular complexity index is 436. The summed E-state index contributed by atoms with van der Waals surface area (Å²) in [7, 11) is 0. The predicted octanol–water partition coefficient (Wildman–Crippen LogP) is 1.30. The van der Waals surface area contributed by atoms with Gasteiger partial charge in [-0.1, -0.05) is 12.2 Å². The minimum absolute atomic E-state index is 0.173. The zero-order valence-electron chi connectivity index (χ0n) is 8.80. The van der Waals surface area contributed by atoms with Gasteiger partial charge in [0.2, 0.25) is 0 Å². The summed E-state index contributed by atoms with van der Waals surface area (Å²) in [5.41, 5.74) is 1.15. The number of hydrogen-bond acceptors (Lipinski definition) is 4. The van der Waals surface area contributed by atoms with Gasteiger partial charge in [-0.25, -0.2) is 4.98 Å². The molecule has 4 nitrogen and oxygen atoms in total. The van der Waals surface area contributed by atoms with Gasteiger partial charge >= 0.3 is 0 Å². The first-order valence-corrected chi connectivity index (χ1v) is 5.24. The molecule has 0 saturated heterocycles. The highest BCUT2D eigenvalue weighted by atomic mass is 16.3. The molecule has 0 aromatic carbocycles. The highest BCUT2D eigenvalue weighted by Gasteiger charge is 2.18. The third-order valence-corrected chi connectivity index (χ3v) is 2.66. The van der Waals surface area contributed by atoms with Crippen LogP contribution in [0.3, 0.4) is 0 Å². The van der Waals surface area contributed by atoms with E-state index < -0.39 is 0 Å². The number of aliphatic hydroxyl groups excluding tert-OH is 1. The van der Waals surface area contributed by atoms with E-state index in [1.54, 1.807) is 12.3 Å². The van der Waals surface area contributed by atoms with Crippen molar-refractivity contribution in [2.45, 2.75) is 12.5 Å². The normalized spacial score (nSPS) is 23.0. The van der Waals surface area contributed by atoms with Gasteiger partial charge in [-0.3, -0.25) is 0 Å². The van der Waals surface area contributed by atoms with E-state index in [0.29, 0.717) is 5.69 Å². The van der Waals surface area contributed by atoms with Gasteiger partial charge < -0.3 is 10.4 Å². The number of nitriles is 1. The maximum absolute atomic E-state index is 9.01. The van der Waals surface area contributed by atoms with E-state index in [1.807, 2.05) is 24.3 Å². The summed E-state index contributed by atoms with van der Waals surface area (Å²) in [6.45, 7) is 0.173. The maximum atomic E-state index is 9.01. The van der Waals surface area contributed by atoms with Crippen molar-refractivity contribution in [3.05, 3.63) is 36.2 Å². The first kappa shape index (κ1) is 10.7. The number of rotatable bonds is 3. The lowest BCUT2D eigenvalue weighted by Gasteiger charge is -2.14. The van der Waals surface area contributed by atoms with Crippen molar-refractivity contribution in [1.82, 2.24) is 4.98 Å². The molecule has 82 valence electrons. The summed E-state index contributed by atoms with van der Waals surface area (Å²) >= 11 is 0. The van der Waals surface area contributed by atoms with E-state index >= 15 is 0 Å². The van der Waals surface area contributed by atoms with Crippen molar-refractivity contribution >= 4 is 5.69 Å². The van der Waals surface area contributed by atoms with Gasteiger partial charge in [0, 0.05) is 24.8 Å². The van der Waals surface area contributed by atoms with Gasteiger partial charge in [0.05, 0.1) is 5.69 Å². The number of anilines is 1. The number of hydrogen-bond donors (Lipinski definition) is 2. The Morgan fingerprint density at radius 1 is 1.56 bits per heavy atom. The monoisotopic (exact) mass is 215 g/mol. The molecule has 0 amide bonds. The van der Waals surface area contributed by atoms with Gasteiger partial charge in [0.25, 0.3) is 0 Å². The zero-order chi connectivity index (χ0) is 11.4. The number of nitrogens with one attached hydrogen (secondary N) is 1. The number of nitrogens with zero attached hydrogens (tertiary/aromatic N) is 2. The molecule has 1 aromatic heterocycles. The van der Waals surface area contributed by atoms with Crippen LogP contribution in [0.25, 0.3) is 0 Å². The summed E-state index contributed by atoms with van der Waals surface area (Å²) in [6, 6.07) is 5.86. The van der Waals surface area contributed by atoms with Crippen molar-refractivity contribution in [3.8, 4) is 6.07 Å². The maximum Gasteiger partial charge on any atom is 0.163 e. The lowest BCUT2D eigenvalue weighted by molar-refractivity contribution is 0.250. The van der Waals surface area contributed by atoms with Crippen LogP contribution >= 0.6 is 0 Å². The van der Waals surface area contributed by atoms with Crippen LogP contribution in [0.1, 0.15) is 12.1 Å². The van der Waals surface area contributed by atoms with Gasteiger partial charge in [-0.05, 0) is 18.6 Å². The second-order valence-electron chi connectivity index (χ2n) is 3.83. The van der Waals surface area contributed by atoms with E-state index in [0.717, 1.165) is 12.1 Å². The van der Waals surface area contributed by atoms with Gasteiger partial charge in [0.1, 0.15) is 6.07 Å². The van der Waals surface area contributed by atoms with Crippen LogP contribution in [0.5, 0.6) is 0 Å². The van der Waals surface area contributed by atoms with E-state index in [-0.39, 0.29) is 18.6 Å². The minimum atomic E-state index is 0.173. The van der Waals surface area contributed by atoms with Crippen molar-refractivity contribution in [1.29, 1.82) is 5.26 Å². The fourth-order valence-electron chi connectivity index (χ4n) is 1.83. The second kappa shape index (κ2) is 4.77. The fourth-order valence-corrected chi connectivity index (χ4v) is 1.83. The molecular formula is C12H13N3O. The summed E-state index contributed by atoms with van der Waals surface area (Å²) in [4.78, 5) is 3.98. The summed E-state index contributed by atoms with van der Waals surface area (Å²) < 4.78 is 0. The highest BCUT2D eigenvalue weighted by Crippen LogP contribution is 2.22. The highest BCUT2D eigenvalue weighted by molar-refractivity contribution is 5.54. The fraction of sp³-hybridized carbons (Fsp3) is 0.333. The standard InChI is InChI=1S/C12H13N3O/c13-7-12-11(2-1-5-14-12)15-10-4-3-9(6-10)8-16/h1-5,9-10,15-16H,6,8H2/t9-,10+/m0/s1. The molecule has 0 bridgehead atoms. The number of aromatic nitrogens is 1. The first-order chi connectivity index (χ1) is 7.83. The van der Waals surface area contributed by atoms with E-state index in [2.05, 4.69) is 10.3 Å².